The molecule has 0 amide bonds. The molecule has 20 heavy (non-hydrogen) atoms. The van der Waals surface area contributed by atoms with Crippen molar-refractivity contribution in [2.75, 3.05) is 7.05 Å². The lowest BCUT2D eigenvalue weighted by atomic mass is 9.72. The highest BCUT2D eigenvalue weighted by atomic mass is 14.9. The Balaban J connectivity index is 1.82. The molecular formula is C19H31N. The molecule has 1 fully saturated rings. The molecule has 1 nitrogen and oxygen atoms in total. The van der Waals surface area contributed by atoms with Gasteiger partial charge in [0.2, 0.25) is 0 Å². The normalized spacial score (nSPS) is 26.9. The fourth-order valence-corrected chi connectivity index (χ4v) is 3.82. The number of benzene rings is 1. The molecule has 3 unspecified atom stereocenters. The van der Waals surface area contributed by atoms with E-state index in [9.17, 15) is 0 Å². The van der Waals surface area contributed by atoms with Gasteiger partial charge in [0.05, 0.1) is 0 Å². The van der Waals surface area contributed by atoms with Crippen molar-refractivity contribution < 1.29 is 0 Å². The second-order valence-corrected chi connectivity index (χ2v) is 6.85. The topological polar surface area (TPSA) is 12.0 Å². The van der Waals surface area contributed by atoms with Crippen LogP contribution in [0, 0.1) is 17.8 Å². The van der Waals surface area contributed by atoms with E-state index in [0.717, 1.165) is 23.8 Å². The van der Waals surface area contributed by atoms with Crippen molar-refractivity contribution in [2.24, 2.45) is 17.8 Å². The molecule has 112 valence electrons. The molecule has 1 aliphatic carbocycles. The summed E-state index contributed by atoms with van der Waals surface area (Å²) < 4.78 is 0. The van der Waals surface area contributed by atoms with Gasteiger partial charge in [-0.25, -0.2) is 0 Å². The minimum absolute atomic E-state index is 0.751. The van der Waals surface area contributed by atoms with Crippen molar-refractivity contribution in [1.29, 1.82) is 0 Å². The molecule has 1 aliphatic rings. The summed E-state index contributed by atoms with van der Waals surface area (Å²) in [5.41, 5.74) is 1.49. The van der Waals surface area contributed by atoms with Crippen molar-refractivity contribution in [2.45, 2.75) is 58.4 Å². The maximum Gasteiger partial charge on any atom is 0.00925 e. The summed E-state index contributed by atoms with van der Waals surface area (Å²) in [7, 11) is 2.14. The molecule has 3 atom stereocenters. The predicted octanol–water partition coefficient (Wildman–Crippen LogP) is 4.67. The van der Waals surface area contributed by atoms with Crippen LogP contribution in [0.15, 0.2) is 30.3 Å². The Morgan fingerprint density at radius 1 is 1.15 bits per heavy atom. The van der Waals surface area contributed by atoms with E-state index < -0.39 is 0 Å². The summed E-state index contributed by atoms with van der Waals surface area (Å²) in [6.07, 6.45) is 8.16. The number of aryl methyl sites for hydroxylation is 1. The molecule has 0 spiro atoms. The SMILES string of the molecule is CNC1CCC(C(C)C)CC1CCCc1ccccc1. The van der Waals surface area contributed by atoms with Gasteiger partial charge < -0.3 is 5.32 Å². The molecule has 1 N–H and O–H groups in total. The van der Waals surface area contributed by atoms with Gasteiger partial charge >= 0.3 is 0 Å². The molecule has 0 saturated heterocycles. The van der Waals surface area contributed by atoms with Crippen molar-refractivity contribution in [3.63, 3.8) is 0 Å². The average molecular weight is 273 g/mol. The van der Waals surface area contributed by atoms with Gasteiger partial charge in [0.15, 0.2) is 0 Å². The largest absolute Gasteiger partial charge is 0.317 e. The fourth-order valence-electron chi connectivity index (χ4n) is 3.82. The Labute approximate surface area is 125 Å². The van der Waals surface area contributed by atoms with Gasteiger partial charge in [-0.1, -0.05) is 44.2 Å². The number of hydrogen-bond acceptors (Lipinski definition) is 1. The summed E-state index contributed by atoms with van der Waals surface area (Å²) in [4.78, 5) is 0. The third-order valence-corrected chi connectivity index (χ3v) is 5.22. The molecule has 2 rings (SSSR count). The summed E-state index contributed by atoms with van der Waals surface area (Å²) in [6, 6.07) is 11.7. The summed E-state index contributed by atoms with van der Waals surface area (Å²) in [5, 5.41) is 3.56. The van der Waals surface area contributed by atoms with Gasteiger partial charge in [-0.05, 0) is 68.9 Å². The summed E-state index contributed by atoms with van der Waals surface area (Å²) in [6.45, 7) is 4.79. The van der Waals surface area contributed by atoms with Crippen LogP contribution < -0.4 is 5.32 Å². The van der Waals surface area contributed by atoms with Gasteiger partial charge in [0.25, 0.3) is 0 Å². The Morgan fingerprint density at radius 3 is 2.55 bits per heavy atom. The smallest absolute Gasteiger partial charge is 0.00925 e. The maximum atomic E-state index is 3.56. The first-order valence-corrected chi connectivity index (χ1v) is 8.42. The Bertz CT molecular complexity index is 371. The van der Waals surface area contributed by atoms with E-state index in [-0.39, 0.29) is 0 Å². The van der Waals surface area contributed by atoms with E-state index in [1.807, 2.05) is 0 Å². The Morgan fingerprint density at radius 2 is 1.90 bits per heavy atom. The van der Waals surface area contributed by atoms with Crippen LogP contribution in [0.25, 0.3) is 0 Å². The lowest BCUT2D eigenvalue weighted by molar-refractivity contribution is 0.164. The zero-order chi connectivity index (χ0) is 14.4. The van der Waals surface area contributed by atoms with Crippen LogP contribution in [0.4, 0.5) is 0 Å². The van der Waals surface area contributed by atoms with E-state index in [2.05, 4.69) is 56.5 Å². The van der Waals surface area contributed by atoms with Crippen molar-refractivity contribution in [1.82, 2.24) is 5.32 Å². The van der Waals surface area contributed by atoms with Gasteiger partial charge in [-0.2, -0.15) is 0 Å². The lowest BCUT2D eigenvalue weighted by Crippen LogP contribution is -2.39. The zero-order valence-corrected chi connectivity index (χ0v) is 13.4. The van der Waals surface area contributed by atoms with E-state index in [1.165, 1.54) is 44.1 Å². The van der Waals surface area contributed by atoms with Crippen LogP contribution in [0.3, 0.4) is 0 Å². The molecule has 0 aliphatic heterocycles. The molecule has 0 heterocycles. The molecule has 1 aromatic rings. The van der Waals surface area contributed by atoms with Crippen LogP contribution in [-0.2, 0) is 6.42 Å². The van der Waals surface area contributed by atoms with E-state index in [0.29, 0.717) is 0 Å². The van der Waals surface area contributed by atoms with Gasteiger partial charge in [-0.3, -0.25) is 0 Å². The van der Waals surface area contributed by atoms with Crippen LogP contribution >= 0.6 is 0 Å². The molecular weight excluding hydrogens is 242 g/mol. The first-order chi connectivity index (χ1) is 9.70. The first kappa shape index (κ1) is 15.6. The standard InChI is InChI=1S/C19H31N/c1-15(2)17-12-13-19(20-3)18(14-17)11-7-10-16-8-5-4-6-9-16/h4-6,8-9,15,17-20H,7,10-14H2,1-3H3. The second kappa shape index (κ2) is 7.83. The highest BCUT2D eigenvalue weighted by molar-refractivity contribution is 5.14. The van der Waals surface area contributed by atoms with Crippen LogP contribution in [0.2, 0.25) is 0 Å². The van der Waals surface area contributed by atoms with Crippen LogP contribution in [-0.4, -0.2) is 13.1 Å². The van der Waals surface area contributed by atoms with Gasteiger partial charge in [0.1, 0.15) is 0 Å². The zero-order valence-electron chi connectivity index (χ0n) is 13.4. The molecule has 1 saturated carbocycles. The van der Waals surface area contributed by atoms with Crippen molar-refractivity contribution >= 4 is 0 Å². The van der Waals surface area contributed by atoms with Crippen LogP contribution in [0.1, 0.15) is 51.5 Å². The first-order valence-electron chi connectivity index (χ1n) is 8.42. The maximum absolute atomic E-state index is 3.56. The molecule has 0 aromatic heterocycles. The summed E-state index contributed by atoms with van der Waals surface area (Å²) >= 11 is 0. The second-order valence-electron chi connectivity index (χ2n) is 6.85. The summed E-state index contributed by atoms with van der Waals surface area (Å²) in [5.74, 6) is 2.68. The number of nitrogens with one attached hydrogen (secondary N) is 1. The average Bonchev–Trinajstić information content (AvgIpc) is 2.48. The van der Waals surface area contributed by atoms with E-state index in [4.69, 9.17) is 0 Å². The van der Waals surface area contributed by atoms with E-state index >= 15 is 0 Å². The van der Waals surface area contributed by atoms with Crippen LogP contribution in [0.5, 0.6) is 0 Å². The third-order valence-electron chi connectivity index (χ3n) is 5.22. The Kier molecular flexibility index (Phi) is 6.09. The minimum atomic E-state index is 0.751. The molecule has 0 bridgehead atoms. The van der Waals surface area contributed by atoms with Crippen molar-refractivity contribution in [3.05, 3.63) is 35.9 Å². The number of rotatable bonds is 6. The highest BCUT2D eigenvalue weighted by Crippen LogP contribution is 2.36. The molecule has 1 aromatic carbocycles. The number of hydrogen-bond donors (Lipinski definition) is 1. The monoisotopic (exact) mass is 273 g/mol. The highest BCUT2D eigenvalue weighted by Gasteiger charge is 2.30. The van der Waals surface area contributed by atoms with Crippen molar-refractivity contribution in [3.8, 4) is 0 Å². The lowest BCUT2D eigenvalue weighted by Gasteiger charge is -2.38. The quantitative estimate of drug-likeness (QED) is 0.794. The van der Waals surface area contributed by atoms with Gasteiger partial charge in [-0.15, -0.1) is 0 Å². The van der Waals surface area contributed by atoms with E-state index in [1.54, 1.807) is 0 Å². The molecule has 1 heteroatoms. The third kappa shape index (κ3) is 4.34. The minimum Gasteiger partial charge on any atom is -0.317 e. The fraction of sp³-hybridized carbons (Fsp3) is 0.684. The predicted molar refractivity (Wildman–Crippen MR) is 87.9 cm³/mol. The van der Waals surface area contributed by atoms with Gasteiger partial charge in [0, 0.05) is 6.04 Å². The Hall–Kier alpha value is -0.820. The molecule has 0 radical (unpaired) electrons.